The smallest absolute Gasteiger partial charge is 0.278 e. The Labute approximate surface area is 112 Å². The van der Waals surface area contributed by atoms with Gasteiger partial charge in [-0.1, -0.05) is 0 Å². The van der Waals surface area contributed by atoms with Gasteiger partial charge in [0.1, 0.15) is 0 Å². The van der Waals surface area contributed by atoms with E-state index in [0.29, 0.717) is 18.6 Å². The van der Waals surface area contributed by atoms with Crippen LogP contribution in [0.15, 0.2) is 0 Å². The first-order valence-electron chi connectivity index (χ1n) is 6.15. The van der Waals surface area contributed by atoms with E-state index in [0.717, 1.165) is 19.4 Å². The first kappa shape index (κ1) is 17.2. The van der Waals surface area contributed by atoms with E-state index in [9.17, 15) is 14.7 Å². The average molecular weight is 278 g/mol. The van der Waals surface area contributed by atoms with Gasteiger partial charge in [0.05, 0.1) is 18.6 Å². The molecular weight excluding hydrogens is 254 g/mol. The Morgan fingerprint density at radius 3 is 2.50 bits per heavy atom. The zero-order chi connectivity index (χ0) is 14.0. The molecule has 0 rings (SSSR count). The minimum atomic E-state index is -1.23. The topological polar surface area (TPSA) is 125 Å². The molecule has 2 atom stereocenters. The molecule has 0 fully saturated rings. The van der Waals surface area contributed by atoms with Crippen molar-refractivity contribution in [3.8, 4) is 0 Å². The summed E-state index contributed by atoms with van der Waals surface area (Å²) in [7, 11) is 0. The van der Waals surface area contributed by atoms with Crippen LogP contribution in [0.3, 0.4) is 0 Å². The van der Waals surface area contributed by atoms with Gasteiger partial charge in [0, 0.05) is 6.42 Å². The lowest BCUT2D eigenvalue weighted by molar-refractivity contribution is -0.406. The average Bonchev–Trinajstić information content (AvgIpc) is 2.33. The summed E-state index contributed by atoms with van der Waals surface area (Å²) < 4.78 is 0. The number of carboxylic acids is 1. The Morgan fingerprint density at radius 1 is 1.33 bits per heavy atom. The van der Waals surface area contributed by atoms with Gasteiger partial charge >= 0.3 is 0 Å². The van der Waals surface area contributed by atoms with E-state index in [1.165, 1.54) is 11.8 Å². The summed E-state index contributed by atoms with van der Waals surface area (Å²) in [6, 6.07) is -1.32. The maximum Gasteiger partial charge on any atom is 0.278 e. The number of carbonyl (C=O) groups excluding carboxylic acids is 2. The predicted molar refractivity (Wildman–Crippen MR) is 68.2 cm³/mol. The number of carbonyl (C=O) groups is 2. The van der Waals surface area contributed by atoms with Crippen LogP contribution in [0.25, 0.3) is 0 Å². The number of hydrogen-bond acceptors (Lipinski definition) is 4. The molecule has 0 aromatic heterocycles. The SMILES string of the molecule is CSCC[C@H](NC(=O)[C@@H]([NH3+])CCCC[NH3+])C(=O)[O-]. The first-order valence-corrected chi connectivity index (χ1v) is 7.54. The quantitative estimate of drug-likeness (QED) is 0.368. The third-order valence-corrected chi connectivity index (χ3v) is 3.28. The summed E-state index contributed by atoms with van der Waals surface area (Å²) >= 11 is 1.53. The monoisotopic (exact) mass is 278 g/mol. The van der Waals surface area contributed by atoms with E-state index < -0.39 is 18.1 Å². The number of unbranched alkanes of at least 4 members (excludes halogenated alkanes) is 1. The number of carboxylic acid groups (broad SMARTS) is 1. The van der Waals surface area contributed by atoms with E-state index in [1.54, 1.807) is 0 Å². The number of rotatable bonds is 10. The molecule has 1 amide bonds. The zero-order valence-electron chi connectivity index (χ0n) is 10.9. The fourth-order valence-electron chi connectivity index (χ4n) is 1.47. The molecule has 0 saturated carbocycles. The van der Waals surface area contributed by atoms with Crippen LogP contribution in [-0.2, 0) is 9.59 Å². The lowest BCUT2D eigenvalue weighted by Crippen LogP contribution is -2.69. The summed E-state index contributed by atoms with van der Waals surface area (Å²) in [4.78, 5) is 22.6. The normalized spacial score (nSPS) is 13.9. The van der Waals surface area contributed by atoms with Crippen LogP contribution < -0.4 is 21.9 Å². The number of quaternary nitrogens is 2. The number of aliphatic carboxylic acids is 1. The van der Waals surface area contributed by atoms with Crippen LogP contribution >= 0.6 is 11.8 Å². The molecule has 0 aliphatic carbocycles. The van der Waals surface area contributed by atoms with Crippen LogP contribution in [0.1, 0.15) is 25.7 Å². The van der Waals surface area contributed by atoms with Crippen molar-refractivity contribution in [2.24, 2.45) is 0 Å². The molecule has 0 aliphatic rings. The van der Waals surface area contributed by atoms with Crippen molar-refractivity contribution in [1.82, 2.24) is 5.32 Å². The molecule has 0 spiro atoms. The van der Waals surface area contributed by atoms with Crippen molar-refractivity contribution in [2.75, 3.05) is 18.6 Å². The lowest BCUT2D eigenvalue weighted by atomic mass is 10.1. The minimum Gasteiger partial charge on any atom is -0.548 e. The highest BCUT2D eigenvalue weighted by molar-refractivity contribution is 7.98. The van der Waals surface area contributed by atoms with Gasteiger partial charge in [-0.25, -0.2) is 0 Å². The van der Waals surface area contributed by atoms with Crippen LogP contribution in [-0.4, -0.2) is 42.5 Å². The molecule has 0 aromatic carbocycles. The third-order valence-electron chi connectivity index (χ3n) is 2.64. The maximum atomic E-state index is 11.7. The van der Waals surface area contributed by atoms with Crippen molar-refractivity contribution in [3.63, 3.8) is 0 Å². The summed E-state index contributed by atoms with van der Waals surface area (Å²) in [5, 5.41) is 13.3. The largest absolute Gasteiger partial charge is 0.548 e. The molecule has 0 heterocycles. The van der Waals surface area contributed by atoms with E-state index in [4.69, 9.17) is 0 Å². The highest BCUT2D eigenvalue weighted by Crippen LogP contribution is 2.02. The second-order valence-corrected chi connectivity index (χ2v) is 5.19. The molecule has 6 nitrogen and oxygen atoms in total. The highest BCUT2D eigenvalue weighted by atomic mass is 32.2. The molecule has 7 heteroatoms. The molecule has 0 bridgehead atoms. The van der Waals surface area contributed by atoms with Gasteiger partial charge in [0.25, 0.3) is 5.91 Å². The summed E-state index contributed by atoms with van der Waals surface area (Å²) in [5.74, 6) is -0.876. The van der Waals surface area contributed by atoms with Crippen molar-refractivity contribution in [3.05, 3.63) is 0 Å². The second-order valence-electron chi connectivity index (χ2n) is 4.21. The van der Waals surface area contributed by atoms with Gasteiger partial charge in [0.15, 0.2) is 6.04 Å². The fourth-order valence-corrected chi connectivity index (χ4v) is 1.94. The lowest BCUT2D eigenvalue weighted by Gasteiger charge is -2.20. The van der Waals surface area contributed by atoms with Gasteiger partial charge < -0.3 is 26.7 Å². The van der Waals surface area contributed by atoms with E-state index >= 15 is 0 Å². The molecular formula is C11H24N3O3S+. The molecule has 106 valence electrons. The van der Waals surface area contributed by atoms with Crippen LogP contribution in [0.5, 0.6) is 0 Å². The summed E-state index contributed by atoms with van der Waals surface area (Å²) in [5.41, 5.74) is 7.47. The molecule has 0 unspecified atom stereocenters. The summed E-state index contributed by atoms with van der Waals surface area (Å²) in [6.45, 7) is 0.837. The second kappa shape index (κ2) is 10.2. The third kappa shape index (κ3) is 7.52. The van der Waals surface area contributed by atoms with Crippen molar-refractivity contribution in [2.45, 2.75) is 37.8 Å². The Bertz CT molecular complexity index is 264. The molecule has 0 saturated heterocycles. The Hall–Kier alpha value is -0.790. The van der Waals surface area contributed by atoms with Crippen molar-refractivity contribution in [1.29, 1.82) is 0 Å². The van der Waals surface area contributed by atoms with Gasteiger partial charge in [-0.3, -0.25) is 4.79 Å². The maximum absolute atomic E-state index is 11.7. The van der Waals surface area contributed by atoms with E-state index in [-0.39, 0.29) is 5.91 Å². The van der Waals surface area contributed by atoms with Gasteiger partial charge in [0.2, 0.25) is 0 Å². The van der Waals surface area contributed by atoms with Crippen LogP contribution in [0, 0.1) is 0 Å². The molecule has 0 radical (unpaired) electrons. The zero-order valence-corrected chi connectivity index (χ0v) is 11.8. The Kier molecular flexibility index (Phi) is 9.72. The fraction of sp³-hybridized carbons (Fsp3) is 0.818. The van der Waals surface area contributed by atoms with Gasteiger partial charge in [-0.15, -0.1) is 0 Å². The number of hydrogen-bond donors (Lipinski definition) is 3. The van der Waals surface area contributed by atoms with Crippen LogP contribution in [0.4, 0.5) is 0 Å². The van der Waals surface area contributed by atoms with Gasteiger partial charge in [-0.05, 0) is 31.3 Å². The first-order chi connectivity index (χ1) is 8.52. The van der Waals surface area contributed by atoms with E-state index in [1.807, 2.05) is 6.26 Å². The Morgan fingerprint density at radius 2 is 2.00 bits per heavy atom. The van der Waals surface area contributed by atoms with Gasteiger partial charge in [-0.2, -0.15) is 11.8 Å². The van der Waals surface area contributed by atoms with Crippen molar-refractivity contribution >= 4 is 23.6 Å². The molecule has 0 aromatic rings. The van der Waals surface area contributed by atoms with Crippen LogP contribution in [0.2, 0.25) is 0 Å². The predicted octanol–water partition coefficient (Wildman–Crippen LogP) is -3.00. The Balaban J connectivity index is 4.10. The number of thioether (sulfide) groups is 1. The highest BCUT2D eigenvalue weighted by Gasteiger charge is 2.20. The van der Waals surface area contributed by atoms with Crippen molar-refractivity contribution < 1.29 is 26.2 Å². The molecule has 0 aliphatic heterocycles. The molecule has 7 N–H and O–H groups in total. The number of nitrogens with one attached hydrogen (secondary N) is 1. The minimum absolute atomic E-state index is 0.311. The van der Waals surface area contributed by atoms with E-state index in [2.05, 4.69) is 16.8 Å². The summed E-state index contributed by atoms with van der Waals surface area (Å²) in [6.07, 6.45) is 4.75. The number of amides is 1. The molecule has 18 heavy (non-hydrogen) atoms. The standard InChI is InChI=1S/C11H23N3O3S/c1-18-7-5-9(11(16)17)14-10(15)8(13)4-2-3-6-12/h8-9H,2-7,12-13H2,1H3,(H,14,15)(H,16,17)/p+1/t8-,9-/m0/s1.